The van der Waals surface area contributed by atoms with Crippen LogP contribution in [-0.2, 0) is 4.79 Å². The number of non-ortho nitro benzene ring substituents is 1. The monoisotopic (exact) mass is 401 g/mol. The lowest BCUT2D eigenvalue weighted by molar-refractivity contribution is -0.384. The largest absolute Gasteiger partial charge is 0.346 e. The van der Waals surface area contributed by atoms with E-state index in [-0.39, 0.29) is 16.9 Å². The number of hydrogen-bond acceptors (Lipinski definition) is 4. The minimum Gasteiger partial charge on any atom is -0.346 e. The van der Waals surface area contributed by atoms with Gasteiger partial charge in [-0.15, -0.1) is 0 Å². The van der Waals surface area contributed by atoms with Gasteiger partial charge in [-0.25, -0.2) is 0 Å². The van der Waals surface area contributed by atoms with Crippen LogP contribution in [0.5, 0.6) is 0 Å². The van der Waals surface area contributed by atoms with E-state index in [4.69, 9.17) is 11.6 Å². The van der Waals surface area contributed by atoms with Gasteiger partial charge in [0.15, 0.2) is 0 Å². The Hall–Kier alpha value is -3.19. The first-order valence-electron chi connectivity index (χ1n) is 8.41. The molecule has 0 saturated carbocycles. The summed E-state index contributed by atoms with van der Waals surface area (Å²) < 4.78 is 0. The van der Waals surface area contributed by atoms with E-state index in [1.165, 1.54) is 30.3 Å². The maximum Gasteiger partial charge on any atom is 0.269 e. The molecule has 2 amide bonds. The van der Waals surface area contributed by atoms with Crippen molar-refractivity contribution in [1.82, 2.24) is 10.6 Å². The van der Waals surface area contributed by atoms with Gasteiger partial charge in [-0.1, -0.05) is 23.7 Å². The number of hydrogen-bond donors (Lipinski definition) is 2. The number of nitro benzene ring substituents is 1. The molecule has 0 aromatic heterocycles. The first-order chi connectivity index (χ1) is 13.0. The molecule has 0 aliphatic heterocycles. The summed E-state index contributed by atoms with van der Waals surface area (Å²) in [6.45, 7) is 5.47. The van der Waals surface area contributed by atoms with Gasteiger partial charge in [-0.2, -0.15) is 0 Å². The Balaban J connectivity index is 2.30. The number of nitro groups is 1. The van der Waals surface area contributed by atoms with Crippen LogP contribution in [0.3, 0.4) is 0 Å². The topological polar surface area (TPSA) is 101 Å². The molecule has 0 atom stereocenters. The molecule has 0 saturated heterocycles. The number of rotatable bonds is 5. The molecule has 0 heterocycles. The number of halogens is 1. The quantitative estimate of drug-likeness (QED) is 0.450. The third-order valence-electron chi connectivity index (χ3n) is 3.50. The Morgan fingerprint density at radius 1 is 1.04 bits per heavy atom. The van der Waals surface area contributed by atoms with Gasteiger partial charge in [0.25, 0.3) is 17.5 Å². The third-order valence-corrected chi connectivity index (χ3v) is 3.75. The minimum atomic E-state index is -0.556. The summed E-state index contributed by atoms with van der Waals surface area (Å²) in [5.41, 5.74) is 0.275. The van der Waals surface area contributed by atoms with Gasteiger partial charge in [0.2, 0.25) is 0 Å². The van der Waals surface area contributed by atoms with Crippen molar-refractivity contribution >= 4 is 35.2 Å². The molecule has 0 spiro atoms. The van der Waals surface area contributed by atoms with E-state index in [0.29, 0.717) is 10.6 Å². The molecule has 0 radical (unpaired) electrons. The lowest BCUT2D eigenvalue weighted by Gasteiger charge is -2.22. The number of benzene rings is 2. The van der Waals surface area contributed by atoms with E-state index in [0.717, 1.165) is 0 Å². The van der Waals surface area contributed by atoms with E-state index in [1.807, 2.05) is 20.8 Å². The van der Waals surface area contributed by atoms with E-state index in [1.54, 1.807) is 24.3 Å². The van der Waals surface area contributed by atoms with Crippen LogP contribution in [0.1, 0.15) is 36.7 Å². The molecular weight excluding hydrogens is 382 g/mol. The first-order valence-corrected chi connectivity index (χ1v) is 8.78. The number of carbonyl (C=O) groups excluding carboxylic acids is 2. The Bertz CT molecular complexity index is 914. The van der Waals surface area contributed by atoms with E-state index in [9.17, 15) is 19.7 Å². The van der Waals surface area contributed by atoms with Crippen molar-refractivity contribution in [2.45, 2.75) is 26.3 Å². The average Bonchev–Trinajstić information content (AvgIpc) is 2.61. The predicted molar refractivity (Wildman–Crippen MR) is 108 cm³/mol. The maximum atomic E-state index is 12.6. The van der Waals surface area contributed by atoms with Crippen molar-refractivity contribution in [3.8, 4) is 0 Å². The van der Waals surface area contributed by atoms with E-state index >= 15 is 0 Å². The van der Waals surface area contributed by atoms with Crippen molar-refractivity contribution in [3.05, 3.63) is 80.5 Å². The Morgan fingerprint density at radius 3 is 2.11 bits per heavy atom. The first kappa shape index (κ1) is 21.1. The molecule has 146 valence electrons. The molecule has 0 bridgehead atoms. The summed E-state index contributed by atoms with van der Waals surface area (Å²) in [6.07, 6.45) is 1.53. The normalized spacial score (nSPS) is 11.6. The molecule has 28 heavy (non-hydrogen) atoms. The molecule has 0 fully saturated rings. The van der Waals surface area contributed by atoms with Gasteiger partial charge in [-0.3, -0.25) is 19.7 Å². The Kier molecular flexibility index (Phi) is 6.53. The predicted octanol–water partition coefficient (Wildman–Crippen LogP) is 3.93. The van der Waals surface area contributed by atoms with Crippen molar-refractivity contribution in [2.24, 2.45) is 0 Å². The summed E-state index contributed by atoms with van der Waals surface area (Å²) in [5.74, 6) is -1.02. The fourth-order valence-corrected chi connectivity index (χ4v) is 2.35. The fraction of sp³-hybridized carbons (Fsp3) is 0.200. The molecule has 2 rings (SSSR count). The van der Waals surface area contributed by atoms with Crippen molar-refractivity contribution in [2.75, 3.05) is 0 Å². The van der Waals surface area contributed by atoms with Crippen LogP contribution in [0.15, 0.2) is 54.2 Å². The highest BCUT2D eigenvalue weighted by Gasteiger charge is 2.20. The number of nitrogens with zero attached hydrogens (tertiary/aromatic N) is 1. The second-order valence-corrected chi connectivity index (χ2v) is 7.51. The lowest BCUT2D eigenvalue weighted by atomic mass is 10.1. The fourth-order valence-electron chi connectivity index (χ4n) is 2.22. The molecule has 0 aliphatic carbocycles. The van der Waals surface area contributed by atoms with Gasteiger partial charge < -0.3 is 10.6 Å². The second kappa shape index (κ2) is 8.67. The Labute approximate surface area is 167 Å². The summed E-state index contributed by atoms with van der Waals surface area (Å²) in [5, 5.41) is 16.7. The highest BCUT2D eigenvalue weighted by molar-refractivity contribution is 6.30. The summed E-state index contributed by atoms with van der Waals surface area (Å²) in [6, 6.07) is 11.9. The molecule has 7 nitrogen and oxygen atoms in total. The summed E-state index contributed by atoms with van der Waals surface area (Å²) in [7, 11) is 0. The zero-order valence-electron chi connectivity index (χ0n) is 15.7. The maximum absolute atomic E-state index is 12.6. The summed E-state index contributed by atoms with van der Waals surface area (Å²) in [4.78, 5) is 35.4. The van der Waals surface area contributed by atoms with E-state index < -0.39 is 22.3 Å². The Morgan fingerprint density at radius 2 is 1.61 bits per heavy atom. The number of carbonyl (C=O) groups is 2. The molecule has 8 heteroatoms. The number of nitrogens with one attached hydrogen (secondary N) is 2. The second-order valence-electron chi connectivity index (χ2n) is 7.07. The van der Waals surface area contributed by atoms with Crippen LogP contribution in [-0.4, -0.2) is 22.3 Å². The summed E-state index contributed by atoms with van der Waals surface area (Å²) >= 11 is 5.88. The van der Waals surface area contributed by atoms with Crippen LogP contribution in [0.4, 0.5) is 5.69 Å². The smallest absolute Gasteiger partial charge is 0.269 e. The SMILES string of the molecule is CC(C)(C)NC(=O)/C(=C\c1ccc(Cl)cc1)NC(=O)c1ccc([N+](=O)[O-])cc1. The minimum absolute atomic E-state index is 0.0422. The van der Waals surface area contributed by atoms with Gasteiger partial charge in [0, 0.05) is 28.3 Å². The lowest BCUT2D eigenvalue weighted by Crippen LogP contribution is -2.44. The van der Waals surface area contributed by atoms with Crippen LogP contribution < -0.4 is 10.6 Å². The molecule has 0 unspecified atom stereocenters. The molecule has 2 N–H and O–H groups in total. The van der Waals surface area contributed by atoms with Crippen molar-refractivity contribution < 1.29 is 14.5 Å². The zero-order chi connectivity index (χ0) is 20.9. The standard InChI is InChI=1S/C20H20ClN3O4/c1-20(2,3)23-19(26)17(12-13-4-8-15(21)9-5-13)22-18(25)14-6-10-16(11-7-14)24(27)28/h4-12H,1-3H3,(H,22,25)(H,23,26)/b17-12+. The molecule has 2 aromatic rings. The highest BCUT2D eigenvalue weighted by atomic mass is 35.5. The molecular formula is C20H20ClN3O4. The number of amides is 2. The zero-order valence-corrected chi connectivity index (χ0v) is 16.4. The van der Waals surface area contributed by atoms with Crippen molar-refractivity contribution in [1.29, 1.82) is 0 Å². The average molecular weight is 402 g/mol. The highest BCUT2D eigenvalue weighted by Crippen LogP contribution is 2.15. The van der Waals surface area contributed by atoms with Crippen LogP contribution in [0.25, 0.3) is 6.08 Å². The van der Waals surface area contributed by atoms with Gasteiger partial charge in [0.05, 0.1) is 4.92 Å². The van der Waals surface area contributed by atoms with E-state index in [2.05, 4.69) is 10.6 Å². The third kappa shape index (κ3) is 6.21. The van der Waals surface area contributed by atoms with Crippen LogP contribution in [0.2, 0.25) is 5.02 Å². The van der Waals surface area contributed by atoms with Gasteiger partial charge in [-0.05, 0) is 56.7 Å². The van der Waals surface area contributed by atoms with Crippen LogP contribution in [0, 0.1) is 10.1 Å². The molecule has 0 aliphatic rings. The van der Waals surface area contributed by atoms with Gasteiger partial charge >= 0.3 is 0 Å². The molecule has 2 aromatic carbocycles. The van der Waals surface area contributed by atoms with Crippen molar-refractivity contribution in [3.63, 3.8) is 0 Å². The van der Waals surface area contributed by atoms with Gasteiger partial charge in [0.1, 0.15) is 5.70 Å². The van der Waals surface area contributed by atoms with Crippen LogP contribution >= 0.6 is 11.6 Å².